The number of allylic oxidation sites excluding steroid dienone is 2. The van der Waals surface area contributed by atoms with Crippen molar-refractivity contribution in [3.8, 4) is 0 Å². The molecule has 13 heavy (non-hydrogen) atoms. The highest BCUT2D eigenvalue weighted by molar-refractivity contribution is 6.66. The Balaban J connectivity index is 2.30. The molecule has 70 valence electrons. The molecule has 2 aliphatic rings. The van der Waals surface area contributed by atoms with Gasteiger partial charge in [0.1, 0.15) is 0 Å². The molecular formula is C9H8Cl2O2. The van der Waals surface area contributed by atoms with Crippen LogP contribution in [0.25, 0.3) is 0 Å². The Morgan fingerprint density at radius 1 is 1.00 bits per heavy atom. The van der Waals surface area contributed by atoms with Crippen LogP contribution in [0.4, 0.5) is 0 Å². The normalized spacial score (nSPS) is 41.1. The van der Waals surface area contributed by atoms with Crippen LogP contribution >= 0.6 is 23.2 Å². The van der Waals surface area contributed by atoms with Crippen molar-refractivity contribution in [2.45, 2.75) is 6.42 Å². The largest absolute Gasteiger partial charge is 0.281 e. The molecule has 0 N–H and O–H groups in total. The summed E-state index contributed by atoms with van der Waals surface area (Å²) in [7, 11) is 0. The highest BCUT2D eigenvalue weighted by atomic mass is 35.5. The number of carbonyl (C=O) groups is 2. The van der Waals surface area contributed by atoms with Gasteiger partial charge in [-0.05, 0) is 41.5 Å². The van der Waals surface area contributed by atoms with Crippen LogP contribution in [0.1, 0.15) is 6.42 Å². The summed E-state index contributed by atoms with van der Waals surface area (Å²) in [4.78, 5) is 22.1. The Labute approximate surface area is 85.9 Å². The molecule has 4 heteroatoms. The number of carbonyl (C=O) groups excluding carboxylic acids is 2. The molecule has 0 spiro atoms. The monoisotopic (exact) mass is 218 g/mol. The van der Waals surface area contributed by atoms with E-state index in [4.69, 9.17) is 23.2 Å². The van der Waals surface area contributed by atoms with Crippen molar-refractivity contribution in [1.82, 2.24) is 0 Å². The zero-order valence-electron chi connectivity index (χ0n) is 6.74. The molecule has 0 amide bonds. The maximum Gasteiger partial charge on any atom is 0.226 e. The molecule has 0 aromatic heterocycles. The van der Waals surface area contributed by atoms with Gasteiger partial charge in [-0.1, -0.05) is 12.2 Å². The first-order chi connectivity index (χ1) is 6.11. The molecule has 0 aromatic rings. The van der Waals surface area contributed by atoms with Crippen molar-refractivity contribution < 1.29 is 9.59 Å². The molecule has 1 fully saturated rings. The molecule has 0 unspecified atom stereocenters. The molecule has 2 aliphatic carbocycles. The zero-order chi connectivity index (χ0) is 9.59. The predicted octanol–water partition coefficient (Wildman–Crippen LogP) is 1.96. The summed E-state index contributed by atoms with van der Waals surface area (Å²) >= 11 is 10.9. The van der Waals surface area contributed by atoms with Gasteiger partial charge < -0.3 is 0 Å². The van der Waals surface area contributed by atoms with Crippen LogP contribution in [0.5, 0.6) is 0 Å². The van der Waals surface area contributed by atoms with E-state index in [9.17, 15) is 9.59 Å². The summed E-state index contributed by atoms with van der Waals surface area (Å²) in [6.45, 7) is 0. The second kappa shape index (κ2) is 3.10. The first-order valence-electron chi connectivity index (χ1n) is 4.18. The fourth-order valence-electron chi connectivity index (χ4n) is 2.44. The van der Waals surface area contributed by atoms with Crippen LogP contribution in [0.3, 0.4) is 0 Å². The van der Waals surface area contributed by atoms with E-state index in [2.05, 4.69) is 0 Å². The summed E-state index contributed by atoms with van der Waals surface area (Å²) in [6, 6.07) is 0. The molecular weight excluding hydrogens is 211 g/mol. The third-order valence-electron chi connectivity index (χ3n) is 2.98. The minimum absolute atomic E-state index is 0.127. The Kier molecular flexibility index (Phi) is 2.20. The van der Waals surface area contributed by atoms with Crippen molar-refractivity contribution >= 4 is 33.7 Å². The molecule has 2 nitrogen and oxygen atoms in total. The summed E-state index contributed by atoms with van der Waals surface area (Å²) in [5, 5.41) is -0.869. The molecule has 2 bridgehead atoms. The number of rotatable bonds is 2. The van der Waals surface area contributed by atoms with E-state index < -0.39 is 10.5 Å². The number of fused-ring (bicyclic) bond motifs is 2. The van der Waals surface area contributed by atoms with E-state index in [1.807, 2.05) is 12.2 Å². The highest BCUT2D eigenvalue weighted by Crippen LogP contribution is 2.49. The molecule has 0 aromatic carbocycles. The molecule has 1 saturated carbocycles. The third kappa shape index (κ3) is 1.32. The van der Waals surface area contributed by atoms with E-state index in [1.165, 1.54) is 0 Å². The van der Waals surface area contributed by atoms with Gasteiger partial charge >= 0.3 is 0 Å². The fourth-order valence-corrected chi connectivity index (χ4v) is 3.04. The third-order valence-corrected chi connectivity index (χ3v) is 3.49. The van der Waals surface area contributed by atoms with Gasteiger partial charge in [-0.25, -0.2) is 0 Å². The quantitative estimate of drug-likeness (QED) is 0.525. The Hall–Kier alpha value is -0.340. The van der Waals surface area contributed by atoms with Gasteiger partial charge in [0.15, 0.2) is 0 Å². The van der Waals surface area contributed by atoms with E-state index in [-0.39, 0.29) is 23.7 Å². The molecule has 0 radical (unpaired) electrons. The number of hydrogen-bond acceptors (Lipinski definition) is 2. The van der Waals surface area contributed by atoms with Crippen molar-refractivity contribution in [2.24, 2.45) is 23.7 Å². The lowest BCUT2D eigenvalue weighted by Crippen LogP contribution is -2.28. The second-order valence-electron chi connectivity index (χ2n) is 3.61. The molecule has 2 rings (SSSR count). The lowest BCUT2D eigenvalue weighted by molar-refractivity contribution is -0.124. The number of halogens is 2. The fraction of sp³-hybridized carbons (Fsp3) is 0.556. The van der Waals surface area contributed by atoms with Gasteiger partial charge in [0.25, 0.3) is 0 Å². The van der Waals surface area contributed by atoms with E-state index in [0.717, 1.165) is 6.42 Å². The summed E-state index contributed by atoms with van der Waals surface area (Å²) in [5.41, 5.74) is 0. The van der Waals surface area contributed by atoms with Crippen LogP contribution in [0.15, 0.2) is 12.2 Å². The highest BCUT2D eigenvalue weighted by Gasteiger charge is 2.50. The van der Waals surface area contributed by atoms with Crippen molar-refractivity contribution in [2.75, 3.05) is 0 Å². The summed E-state index contributed by atoms with van der Waals surface area (Å²) < 4.78 is 0. The Morgan fingerprint density at radius 2 is 1.38 bits per heavy atom. The van der Waals surface area contributed by atoms with Crippen molar-refractivity contribution in [3.05, 3.63) is 12.2 Å². The first-order valence-corrected chi connectivity index (χ1v) is 4.94. The predicted molar refractivity (Wildman–Crippen MR) is 49.4 cm³/mol. The van der Waals surface area contributed by atoms with Crippen molar-refractivity contribution in [3.63, 3.8) is 0 Å². The summed E-state index contributed by atoms with van der Waals surface area (Å²) in [6.07, 6.45) is 4.77. The lowest BCUT2D eigenvalue weighted by atomic mass is 9.85. The van der Waals surface area contributed by atoms with E-state index in [0.29, 0.717) is 0 Å². The minimum atomic E-state index is -0.434. The van der Waals surface area contributed by atoms with E-state index in [1.54, 1.807) is 0 Å². The smallest absolute Gasteiger partial charge is 0.226 e. The van der Waals surface area contributed by atoms with Gasteiger partial charge in [0.2, 0.25) is 10.5 Å². The molecule has 4 atom stereocenters. The van der Waals surface area contributed by atoms with Gasteiger partial charge in [-0.3, -0.25) is 9.59 Å². The van der Waals surface area contributed by atoms with Crippen LogP contribution < -0.4 is 0 Å². The first kappa shape index (κ1) is 9.22. The van der Waals surface area contributed by atoms with Gasteiger partial charge in [-0.2, -0.15) is 0 Å². The average Bonchev–Trinajstić information content (AvgIpc) is 2.60. The summed E-state index contributed by atoms with van der Waals surface area (Å²) in [5.74, 6) is -0.520. The van der Waals surface area contributed by atoms with Gasteiger partial charge in [0, 0.05) is 0 Å². The second-order valence-corrected chi connectivity index (χ2v) is 4.35. The van der Waals surface area contributed by atoms with Crippen molar-refractivity contribution in [1.29, 1.82) is 0 Å². The zero-order valence-corrected chi connectivity index (χ0v) is 8.26. The Bertz CT molecular complexity index is 270. The van der Waals surface area contributed by atoms with Crippen LogP contribution in [0.2, 0.25) is 0 Å². The molecule has 0 aliphatic heterocycles. The lowest BCUT2D eigenvalue weighted by Gasteiger charge is -2.20. The average molecular weight is 219 g/mol. The SMILES string of the molecule is O=C(Cl)[C@@H]1[C@@H](C(=O)Cl)[C@H]2C=C[C@H]1C2. The van der Waals surface area contributed by atoms with Crippen LogP contribution in [0, 0.1) is 23.7 Å². The van der Waals surface area contributed by atoms with Gasteiger partial charge in [-0.15, -0.1) is 0 Å². The standard InChI is InChI=1S/C9H8Cl2O2/c10-8(12)6-4-1-2-5(3-4)7(6)9(11)13/h1-2,4-7H,3H2/t4-,5-,6-,7-/m0/s1. The maximum atomic E-state index is 11.1. The number of hydrogen-bond donors (Lipinski definition) is 0. The molecule has 0 heterocycles. The van der Waals surface area contributed by atoms with Gasteiger partial charge in [0.05, 0.1) is 11.8 Å². The maximum absolute atomic E-state index is 11.1. The minimum Gasteiger partial charge on any atom is -0.281 e. The topological polar surface area (TPSA) is 34.1 Å². The van der Waals surface area contributed by atoms with Crippen LogP contribution in [-0.2, 0) is 9.59 Å². The van der Waals surface area contributed by atoms with E-state index >= 15 is 0 Å². The Morgan fingerprint density at radius 3 is 1.69 bits per heavy atom. The molecule has 0 saturated heterocycles. The van der Waals surface area contributed by atoms with Crippen LogP contribution in [-0.4, -0.2) is 10.5 Å².